The lowest BCUT2D eigenvalue weighted by Gasteiger charge is -2.31. The predicted molar refractivity (Wildman–Crippen MR) is 119 cm³/mol. The van der Waals surface area contributed by atoms with Crippen LogP contribution in [0, 0.1) is 5.92 Å². The predicted octanol–water partition coefficient (Wildman–Crippen LogP) is 5.01. The zero-order chi connectivity index (χ0) is 21.6. The number of benzene rings is 2. The van der Waals surface area contributed by atoms with Crippen LogP contribution in [0.1, 0.15) is 29.6 Å². The van der Waals surface area contributed by atoms with Crippen molar-refractivity contribution in [1.29, 1.82) is 0 Å². The van der Waals surface area contributed by atoms with Crippen molar-refractivity contribution in [3.05, 3.63) is 59.4 Å². The molecule has 31 heavy (non-hydrogen) atoms. The quantitative estimate of drug-likeness (QED) is 0.409. The summed E-state index contributed by atoms with van der Waals surface area (Å²) in [4.78, 5) is 31.0. The minimum absolute atomic E-state index is 0.0539. The highest BCUT2D eigenvalue weighted by molar-refractivity contribution is 6.30. The maximum Gasteiger partial charge on any atom is 0.411 e. The summed E-state index contributed by atoms with van der Waals surface area (Å²) < 4.78 is 10.6. The Balaban J connectivity index is 1.15. The number of para-hydroxylation sites is 1. The second-order valence-corrected chi connectivity index (χ2v) is 8.04. The molecular weight excluding hydrogens is 418 g/mol. The fourth-order valence-electron chi connectivity index (χ4n) is 3.85. The Morgan fingerprint density at radius 1 is 1.16 bits per heavy atom. The van der Waals surface area contributed by atoms with Crippen LogP contribution in [0.2, 0.25) is 5.02 Å². The summed E-state index contributed by atoms with van der Waals surface area (Å²) >= 11 is 5.90. The molecule has 0 aliphatic carbocycles. The number of carbonyl (C=O) groups is 2. The van der Waals surface area contributed by atoms with E-state index >= 15 is 0 Å². The lowest BCUT2D eigenvalue weighted by Crippen LogP contribution is -2.37. The molecular formula is C23H24ClN3O4. The highest BCUT2D eigenvalue weighted by Gasteiger charge is 2.25. The van der Waals surface area contributed by atoms with E-state index in [1.807, 2.05) is 6.07 Å². The maximum absolute atomic E-state index is 12.6. The van der Waals surface area contributed by atoms with Gasteiger partial charge in [0, 0.05) is 23.0 Å². The number of amides is 1. The number of ketones is 1. The molecule has 7 nitrogen and oxygen atoms in total. The van der Waals surface area contributed by atoms with E-state index in [0.29, 0.717) is 28.4 Å². The lowest BCUT2D eigenvalue weighted by molar-refractivity contribution is 0.0830. The Hall–Kier alpha value is -2.90. The van der Waals surface area contributed by atoms with E-state index < -0.39 is 6.09 Å². The Morgan fingerprint density at radius 3 is 2.71 bits per heavy atom. The minimum atomic E-state index is -0.517. The van der Waals surface area contributed by atoms with Crippen LogP contribution in [0.15, 0.2) is 53.3 Å². The van der Waals surface area contributed by atoms with E-state index in [0.717, 1.165) is 44.5 Å². The van der Waals surface area contributed by atoms with Crippen molar-refractivity contribution < 1.29 is 18.7 Å². The molecule has 1 aliphatic heterocycles. The van der Waals surface area contributed by atoms with Gasteiger partial charge < -0.3 is 14.1 Å². The number of nitrogens with one attached hydrogen (secondary N) is 1. The first-order valence-corrected chi connectivity index (χ1v) is 10.8. The lowest BCUT2D eigenvalue weighted by atomic mass is 9.89. The van der Waals surface area contributed by atoms with Gasteiger partial charge in [0.2, 0.25) is 0 Å². The van der Waals surface area contributed by atoms with E-state index in [9.17, 15) is 9.59 Å². The van der Waals surface area contributed by atoms with Gasteiger partial charge >= 0.3 is 6.09 Å². The Kier molecular flexibility index (Phi) is 6.84. The normalized spacial score (nSPS) is 15.1. The molecule has 0 unspecified atom stereocenters. The second kappa shape index (κ2) is 9.94. The number of halogens is 1. The third kappa shape index (κ3) is 5.42. The van der Waals surface area contributed by atoms with Crippen molar-refractivity contribution in [1.82, 2.24) is 9.88 Å². The molecule has 0 atom stereocenters. The Labute approximate surface area is 185 Å². The standard InChI is InChI=1S/C23H24ClN3O4/c24-18-7-5-16(6-8-18)21(28)17-9-12-27(13-10-17)11-2-14-30-23(29)26-20-4-1-3-19-22(20)31-15-25-19/h1,3-8,15,17H,2,9-14H2,(H,26,29). The highest BCUT2D eigenvalue weighted by atomic mass is 35.5. The molecule has 1 saturated heterocycles. The van der Waals surface area contributed by atoms with Crippen molar-refractivity contribution >= 4 is 40.3 Å². The number of anilines is 1. The highest BCUT2D eigenvalue weighted by Crippen LogP contribution is 2.24. The fourth-order valence-corrected chi connectivity index (χ4v) is 3.98. The van der Waals surface area contributed by atoms with Gasteiger partial charge in [-0.2, -0.15) is 0 Å². The Morgan fingerprint density at radius 2 is 1.94 bits per heavy atom. The fraction of sp³-hybridized carbons (Fsp3) is 0.348. The Bertz CT molecular complexity index is 1040. The summed E-state index contributed by atoms with van der Waals surface area (Å²) in [6, 6.07) is 12.4. The molecule has 0 saturated carbocycles. The molecule has 162 valence electrons. The average molecular weight is 442 g/mol. The third-order valence-electron chi connectivity index (χ3n) is 5.53. The van der Waals surface area contributed by atoms with E-state index in [1.54, 1.807) is 36.4 Å². The first-order chi connectivity index (χ1) is 15.1. The van der Waals surface area contributed by atoms with Gasteiger partial charge in [-0.05, 0) is 68.8 Å². The van der Waals surface area contributed by atoms with Gasteiger partial charge in [-0.1, -0.05) is 17.7 Å². The molecule has 1 fully saturated rings. The number of rotatable bonds is 7. The van der Waals surface area contributed by atoms with Gasteiger partial charge in [0.05, 0.1) is 12.3 Å². The third-order valence-corrected chi connectivity index (χ3v) is 5.78. The molecule has 4 rings (SSSR count). The molecule has 2 heterocycles. The first kappa shape index (κ1) is 21.3. The topological polar surface area (TPSA) is 84.7 Å². The summed E-state index contributed by atoms with van der Waals surface area (Å²) in [5.74, 6) is 0.247. The number of likely N-dealkylation sites (tertiary alicyclic amines) is 1. The monoisotopic (exact) mass is 441 g/mol. The van der Waals surface area contributed by atoms with Crippen LogP contribution in [0.25, 0.3) is 11.1 Å². The molecule has 0 bridgehead atoms. The molecule has 3 aromatic rings. The summed E-state index contributed by atoms with van der Waals surface area (Å²) in [6.45, 7) is 2.88. The van der Waals surface area contributed by atoms with Crippen LogP contribution in [-0.4, -0.2) is 48.0 Å². The van der Waals surface area contributed by atoms with Crippen molar-refractivity contribution in [2.24, 2.45) is 5.92 Å². The number of piperidine rings is 1. The zero-order valence-electron chi connectivity index (χ0n) is 17.1. The van der Waals surface area contributed by atoms with Crippen LogP contribution in [-0.2, 0) is 4.74 Å². The van der Waals surface area contributed by atoms with Crippen molar-refractivity contribution in [3.8, 4) is 0 Å². The summed E-state index contributed by atoms with van der Waals surface area (Å²) in [5, 5.41) is 3.33. The van der Waals surface area contributed by atoms with Crippen molar-refractivity contribution in [2.75, 3.05) is 31.6 Å². The molecule has 1 amide bonds. The number of hydrogen-bond donors (Lipinski definition) is 1. The number of oxazole rings is 1. The van der Waals surface area contributed by atoms with Crippen LogP contribution in [0.4, 0.5) is 10.5 Å². The number of fused-ring (bicyclic) bond motifs is 1. The number of aromatic nitrogens is 1. The molecule has 0 radical (unpaired) electrons. The van der Waals surface area contributed by atoms with E-state index in [-0.39, 0.29) is 11.7 Å². The van der Waals surface area contributed by atoms with E-state index in [2.05, 4.69) is 15.2 Å². The SMILES string of the molecule is O=C(Nc1cccc2ncoc12)OCCCN1CCC(C(=O)c2ccc(Cl)cc2)CC1. The number of carbonyl (C=O) groups excluding carboxylic acids is 2. The summed E-state index contributed by atoms with van der Waals surface area (Å²) in [7, 11) is 0. The smallest absolute Gasteiger partial charge is 0.411 e. The molecule has 1 N–H and O–H groups in total. The van der Waals surface area contributed by atoms with Gasteiger partial charge in [0.1, 0.15) is 5.52 Å². The van der Waals surface area contributed by atoms with E-state index in [4.69, 9.17) is 20.8 Å². The largest absolute Gasteiger partial charge is 0.449 e. The van der Waals surface area contributed by atoms with E-state index in [1.165, 1.54) is 6.39 Å². The average Bonchev–Trinajstić information content (AvgIpc) is 3.27. The molecule has 2 aromatic carbocycles. The van der Waals surface area contributed by atoms with Crippen LogP contribution >= 0.6 is 11.6 Å². The number of hydrogen-bond acceptors (Lipinski definition) is 6. The second-order valence-electron chi connectivity index (χ2n) is 7.61. The van der Waals surface area contributed by atoms with Gasteiger partial charge in [-0.25, -0.2) is 9.78 Å². The molecule has 1 aliphatic rings. The summed E-state index contributed by atoms with van der Waals surface area (Å²) in [5.41, 5.74) is 2.46. The van der Waals surface area contributed by atoms with Gasteiger partial charge in [-0.15, -0.1) is 0 Å². The van der Waals surface area contributed by atoms with Crippen LogP contribution < -0.4 is 5.32 Å². The van der Waals surface area contributed by atoms with Gasteiger partial charge in [0.15, 0.2) is 17.8 Å². The maximum atomic E-state index is 12.6. The molecule has 0 spiro atoms. The van der Waals surface area contributed by atoms with Crippen molar-refractivity contribution in [3.63, 3.8) is 0 Å². The zero-order valence-corrected chi connectivity index (χ0v) is 17.8. The molecule has 8 heteroatoms. The van der Waals surface area contributed by atoms with Gasteiger partial charge in [-0.3, -0.25) is 10.1 Å². The number of nitrogens with zero attached hydrogens (tertiary/aromatic N) is 2. The minimum Gasteiger partial charge on any atom is -0.449 e. The van der Waals surface area contributed by atoms with Crippen molar-refractivity contribution in [2.45, 2.75) is 19.3 Å². The first-order valence-electron chi connectivity index (χ1n) is 10.4. The number of Topliss-reactive ketones (excluding diaryl/α,β-unsaturated/α-hetero) is 1. The van der Waals surface area contributed by atoms with Crippen LogP contribution in [0.5, 0.6) is 0 Å². The number of ether oxygens (including phenoxy) is 1. The van der Waals surface area contributed by atoms with Gasteiger partial charge in [0.25, 0.3) is 0 Å². The summed E-state index contributed by atoms with van der Waals surface area (Å²) in [6.07, 6.45) is 3.23. The van der Waals surface area contributed by atoms with Crippen LogP contribution in [0.3, 0.4) is 0 Å². The molecule has 1 aromatic heterocycles.